The van der Waals surface area contributed by atoms with Crippen LogP contribution >= 0.6 is 11.3 Å². The zero-order valence-corrected chi connectivity index (χ0v) is 12.3. The topological polar surface area (TPSA) is 37.4 Å². The summed E-state index contributed by atoms with van der Waals surface area (Å²) in [6.07, 6.45) is 1.87. The van der Waals surface area contributed by atoms with E-state index in [2.05, 4.69) is 36.0 Å². The first-order chi connectivity index (χ1) is 8.59. The van der Waals surface area contributed by atoms with Crippen molar-refractivity contribution in [3.63, 3.8) is 0 Å². The molecule has 0 spiro atoms. The van der Waals surface area contributed by atoms with Crippen LogP contribution in [0.5, 0.6) is 0 Å². The van der Waals surface area contributed by atoms with Crippen LogP contribution in [-0.4, -0.2) is 48.3 Å². The van der Waals surface area contributed by atoms with E-state index >= 15 is 0 Å². The van der Waals surface area contributed by atoms with Crippen LogP contribution in [0.3, 0.4) is 0 Å². The van der Waals surface area contributed by atoms with Crippen molar-refractivity contribution in [2.24, 2.45) is 0 Å². The molecular formula is C13H23N3OS. The second-order valence-corrected chi connectivity index (χ2v) is 6.31. The van der Waals surface area contributed by atoms with Gasteiger partial charge in [0.25, 0.3) is 0 Å². The van der Waals surface area contributed by atoms with Gasteiger partial charge in [0.05, 0.1) is 19.3 Å². The first-order valence-corrected chi connectivity index (χ1v) is 7.43. The molecule has 0 amide bonds. The normalized spacial score (nSPS) is 19.9. The number of hydrogen-bond donors (Lipinski definition) is 1. The molecule has 2 rings (SSSR count). The van der Waals surface area contributed by atoms with Gasteiger partial charge < -0.3 is 10.1 Å². The van der Waals surface area contributed by atoms with E-state index in [0.717, 1.165) is 37.9 Å². The zero-order chi connectivity index (χ0) is 13.0. The van der Waals surface area contributed by atoms with Crippen LogP contribution in [0.2, 0.25) is 0 Å². The first-order valence-electron chi connectivity index (χ1n) is 6.55. The Morgan fingerprint density at radius 1 is 1.50 bits per heavy atom. The van der Waals surface area contributed by atoms with E-state index in [1.807, 2.05) is 11.6 Å². The Balaban J connectivity index is 1.84. The van der Waals surface area contributed by atoms with Crippen molar-refractivity contribution in [3.05, 3.63) is 16.6 Å². The van der Waals surface area contributed by atoms with Gasteiger partial charge in [-0.25, -0.2) is 4.98 Å². The Bertz CT molecular complexity index is 347. The Hall–Kier alpha value is -0.490. The molecule has 0 bridgehead atoms. The highest BCUT2D eigenvalue weighted by Crippen LogP contribution is 2.19. The summed E-state index contributed by atoms with van der Waals surface area (Å²) in [5, 5.41) is 6.78. The zero-order valence-electron chi connectivity index (χ0n) is 11.5. The number of thiazole rings is 1. The molecule has 1 N–H and O–H groups in total. The number of rotatable bonds is 5. The van der Waals surface area contributed by atoms with E-state index in [1.165, 1.54) is 0 Å². The van der Waals surface area contributed by atoms with Gasteiger partial charge in [-0.1, -0.05) is 0 Å². The average Bonchev–Trinajstić information content (AvgIpc) is 2.91. The first kappa shape index (κ1) is 13.9. The summed E-state index contributed by atoms with van der Waals surface area (Å²) < 4.78 is 5.41. The number of morpholine rings is 1. The maximum absolute atomic E-state index is 5.41. The fraction of sp³-hybridized carbons (Fsp3) is 0.769. The predicted octanol–water partition coefficient (Wildman–Crippen LogP) is 1.90. The van der Waals surface area contributed by atoms with Crippen molar-refractivity contribution in [1.29, 1.82) is 0 Å². The van der Waals surface area contributed by atoms with Crippen molar-refractivity contribution in [3.8, 4) is 0 Å². The predicted molar refractivity (Wildman–Crippen MR) is 75.0 cm³/mol. The number of nitrogens with zero attached hydrogens (tertiary/aromatic N) is 2. The molecule has 102 valence electrons. The van der Waals surface area contributed by atoms with E-state index in [0.29, 0.717) is 6.04 Å². The van der Waals surface area contributed by atoms with Gasteiger partial charge in [-0.2, -0.15) is 0 Å². The average molecular weight is 269 g/mol. The molecule has 1 saturated heterocycles. The van der Waals surface area contributed by atoms with Gasteiger partial charge in [0.1, 0.15) is 5.01 Å². The lowest BCUT2D eigenvalue weighted by atomic mass is 10.0. The summed E-state index contributed by atoms with van der Waals surface area (Å²) in [4.78, 5) is 6.85. The minimum absolute atomic E-state index is 0.162. The minimum atomic E-state index is 0.162. The Kier molecular flexibility index (Phi) is 4.72. The number of ether oxygens (including phenoxy) is 1. The monoisotopic (exact) mass is 269 g/mol. The molecular weight excluding hydrogens is 246 g/mol. The molecule has 2 heterocycles. The van der Waals surface area contributed by atoms with Crippen molar-refractivity contribution in [2.75, 3.05) is 32.8 Å². The van der Waals surface area contributed by atoms with Gasteiger partial charge in [0.2, 0.25) is 0 Å². The quantitative estimate of drug-likeness (QED) is 0.886. The third-order valence-electron chi connectivity index (χ3n) is 3.53. The van der Waals surface area contributed by atoms with Gasteiger partial charge in [-0.3, -0.25) is 4.90 Å². The summed E-state index contributed by atoms with van der Waals surface area (Å²) in [6, 6.07) is 0.324. The summed E-state index contributed by atoms with van der Waals surface area (Å²) in [6.45, 7) is 11.5. The number of hydrogen-bond acceptors (Lipinski definition) is 5. The third-order valence-corrected chi connectivity index (χ3v) is 4.49. The van der Waals surface area contributed by atoms with Crippen molar-refractivity contribution >= 4 is 11.3 Å². The molecule has 5 heteroatoms. The molecule has 0 aromatic carbocycles. The molecule has 1 unspecified atom stereocenters. The fourth-order valence-corrected chi connectivity index (χ4v) is 2.89. The lowest BCUT2D eigenvalue weighted by molar-refractivity contribution is -0.0102. The van der Waals surface area contributed by atoms with Gasteiger partial charge in [-0.05, 0) is 20.8 Å². The largest absolute Gasteiger partial charge is 0.379 e. The number of nitrogens with one attached hydrogen (secondary N) is 1. The Morgan fingerprint density at radius 3 is 2.83 bits per heavy atom. The van der Waals surface area contributed by atoms with E-state index in [-0.39, 0.29) is 5.54 Å². The molecule has 4 nitrogen and oxygen atoms in total. The molecule has 0 radical (unpaired) electrons. The summed E-state index contributed by atoms with van der Waals surface area (Å²) in [5.41, 5.74) is 0.162. The second kappa shape index (κ2) is 6.10. The van der Waals surface area contributed by atoms with E-state index in [9.17, 15) is 0 Å². The van der Waals surface area contributed by atoms with Crippen LogP contribution in [0, 0.1) is 0 Å². The standard InChI is InChI=1S/C13H23N3OS/c1-11(12-14-4-9-18-12)15-10-13(2,3)16-5-7-17-8-6-16/h4,9,11,15H,5-8,10H2,1-3H3. The molecule has 1 fully saturated rings. The highest BCUT2D eigenvalue weighted by molar-refractivity contribution is 7.09. The SMILES string of the molecule is CC(NCC(C)(C)N1CCOCC1)c1nccs1. The van der Waals surface area contributed by atoms with Crippen LogP contribution < -0.4 is 5.32 Å². The van der Waals surface area contributed by atoms with Crippen LogP contribution in [0.15, 0.2) is 11.6 Å². The molecule has 0 saturated carbocycles. The van der Waals surface area contributed by atoms with Crippen LogP contribution in [-0.2, 0) is 4.74 Å². The lowest BCUT2D eigenvalue weighted by Gasteiger charge is -2.41. The third kappa shape index (κ3) is 3.51. The summed E-state index contributed by atoms with van der Waals surface area (Å²) >= 11 is 1.71. The molecule has 1 atom stereocenters. The maximum Gasteiger partial charge on any atom is 0.109 e. The highest BCUT2D eigenvalue weighted by Gasteiger charge is 2.28. The smallest absolute Gasteiger partial charge is 0.109 e. The van der Waals surface area contributed by atoms with Crippen molar-refractivity contribution in [2.45, 2.75) is 32.4 Å². The summed E-state index contributed by atoms with van der Waals surface area (Å²) in [7, 11) is 0. The van der Waals surface area contributed by atoms with E-state index in [4.69, 9.17) is 4.74 Å². The van der Waals surface area contributed by atoms with Gasteiger partial charge in [0, 0.05) is 36.8 Å². The van der Waals surface area contributed by atoms with Crippen molar-refractivity contribution in [1.82, 2.24) is 15.2 Å². The Morgan fingerprint density at radius 2 is 2.22 bits per heavy atom. The molecule has 1 aliphatic rings. The molecule has 18 heavy (non-hydrogen) atoms. The Labute approximate surface area is 113 Å². The van der Waals surface area contributed by atoms with Crippen LogP contribution in [0.25, 0.3) is 0 Å². The molecule has 1 aromatic rings. The molecule has 1 aromatic heterocycles. The van der Waals surface area contributed by atoms with E-state index < -0.39 is 0 Å². The fourth-order valence-electron chi connectivity index (χ4n) is 2.22. The van der Waals surface area contributed by atoms with Gasteiger partial charge >= 0.3 is 0 Å². The van der Waals surface area contributed by atoms with Gasteiger partial charge in [0.15, 0.2) is 0 Å². The van der Waals surface area contributed by atoms with Crippen molar-refractivity contribution < 1.29 is 4.74 Å². The second-order valence-electron chi connectivity index (χ2n) is 5.38. The molecule has 0 aliphatic carbocycles. The number of aromatic nitrogens is 1. The minimum Gasteiger partial charge on any atom is -0.379 e. The molecule has 1 aliphatic heterocycles. The van der Waals surface area contributed by atoms with E-state index in [1.54, 1.807) is 11.3 Å². The lowest BCUT2D eigenvalue weighted by Crippen LogP contribution is -2.54. The van der Waals surface area contributed by atoms with Crippen LogP contribution in [0.4, 0.5) is 0 Å². The highest BCUT2D eigenvalue weighted by atomic mass is 32.1. The van der Waals surface area contributed by atoms with Gasteiger partial charge in [-0.15, -0.1) is 11.3 Å². The van der Waals surface area contributed by atoms with Crippen LogP contribution in [0.1, 0.15) is 31.8 Å². The maximum atomic E-state index is 5.41. The summed E-state index contributed by atoms with van der Waals surface area (Å²) in [5.74, 6) is 0.